The maximum absolute atomic E-state index is 9.08. The van der Waals surface area contributed by atoms with Gasteiger partial charge in [0.25, 0.3) is 0 Å². The molecule has 2 fully saturated rings. The van der Waals surface area contributed by atoms with E-state index in [9.17, 15) is 0 Å². The van der Waals surface area contributed by atoms with Crippen LogP contribution >= 0.6 is 0 Å². The van der Waals surface area contributed by atoms with Gasteiger partial charge in [-0.2, -0.15) is 5.26 Å². The standard InChI is InChI=1S/C15H26N2O/c1-4-18-13-9-12(15(13)7-5-6-8-15)17-11-14(2,3)10-16/h12-13,17H,4-9,11H2,1-3H3. The van der Waals surface area contributed by atoms with E-state index in [-0.39, 0.29) is 5.41 Å². The Kier molecular flexibility index (Phi) is 3.99. The number of nitrogens with one attached hydrogen (secondary N) is 1. The molecular formula is C15H26N2O. The quantitative estimate of drug-likeness (QED) is 0.816. The molecule has 2 unspecified atom stereocenters. The van der Waals surface area contributed by atoms with Crippen molar-refractivity contribution in [3.05, 3.63) is 0 Å². The van der Waals surface area contributed by atoms with E-state index in [4.69, 9.17) is 10.00 Å². The number of hydrogen-bond donors (Lipinski definition) is 1. The van der Waals surface area contributed by atoms with E-state index in [2.05, 4.69) is 18.3 Å². The zero-order valence-electron chi connectivity index (χ0n) is 12.0. The van der Waals surface area contributed by atoms with E-state index < -0.39 is 0 Å². The lowest BCUT2D eigenvalue weighted by atomic mass is 9.60. The van der Waals surface area contributed by atoms with Gasteiger partial charge in [0, 0.05) is 24.6 Å². The first-order valence-electron chi connectivity index (χ1n) is 7.30. The van der Waals surface area contributed by atoms with Crippen molar-refractivity contribution in [3.8, 4) is 6.07 Å². The summed E-state index contributed by atoms with van der Waals surface area (Å²) in [4.78, 5) is 0. The molecule has 0 heterocycles. The fraction of sp³-hybridized carbons (Fsp3) is 0.933. The average Bonchev–Trinajstić information content (AvgIpc) is 2.85. The predicted octanol–water partition coefficient (Wildman–Crippen LogP) is 2.86. The third-order valence-electron chi connectivity index (χ3n) is 4.78. The van der Waals surface area contributed by atoms with Crippen molar-refractivity contribution in [2.45, 2.75) is 65.0 Å². The van der Waals surface area contributed by atoms with Gasteiger partial charge in [0.05, 0.1) is 17.6 Å². The highest BCUT2D eigenvalue weighted by Crippen LogP contribution is 2.54. The Bertz CT molecular complexity index is 326. The Morgan fingerprint density at radius 3 is 2.61 bits per heavy atom. The third kappa shape index (κ3) is 2.41. The second-order valence-corrected chi connectivity index (χ2v) is 6.55. The lowest BCUT2D eigenvalue weighted by Gasteiger charge is -2.54. The first-order valence-corrected chi connectivity index (χ1v) is 7.30. The maximum atomic E-state index is 9.08. The molecule has 0 aromatic heterocycles. The molecule has 2 atom stereocenters. The molecule has 0 aliphatic heterocycles. The summed E-state index contributed by atoms with van der Waals surface area (Å²) in [5, 5.41) is 12.7. The summed E-state index contributed by atoms with van der Waals surface area (Å²) < 4.78 is 5.90. The molecule has 0 saturated heterocycles. The largest absolute Gasteiger partial charge is 0.378 e. The van der Waals surface area contributed by atoms with Crippen molar-refractivity contribution in [2.75, 3.05) is 13.2 Å². The van der Waals surface area contributed by atoms with Gasteiger partial charge in [0.2, 0.25) is 0 Å². The summed E-state index contributed by atoms with van der Waals surface area (Å²) in [6, 6.07) is 2.93. The molecule has 3 nitrogen and oxygen atoms in total. The van der Waals surface area contributed by atoms with Crippen LogP contribution in [0.4, 0.5) is 0 Å². The highest BCUT2D eigenvalue weighted by atomic mass is 16.5. The number of ether oxygens (including phenoxy) is 1. The van der Waals surface area contributed by atoms with Crippen LogP contribution < -0.4 is 5.32 Å². The third-order valence-corrected chi connectivity index (χ3v) is 4.78. The van der Waals surface area contributed by atoms with Gasteiger partial charge in [0.1, 0.15) is 0 Å². The lowest BCUT2D eigenvalue weighted by molar-refractivity contribution is -0.131. The Morgan fingerprint density at radius 2 is 2.06 bits per heavy atom. The minimum atomic E-state index is -0.267. The second-order valence-electron chi connectivity index (χ2n) is 6.55. The van der Waals surface area contributed by atoms with Crippen LogP contribution in [0, 0.1) is 22.2 Å². The summed E-state index contributed by atoms with van der Waals surface area (Å²) in [7, 11) is 0. The van der Waals surface area contributed by atoms with E-state index in [1.165, 1.54) is 25.7 Å². The predicted molar refractivity (Wildman–Crippen MR) is 72.1 cm³/mol. The van der Waals surface area contributed by atoms with E-state index in [0.717, 1.165) is 19.6 Å². The average molecular weight is 250 g/mol. The Morgan fingerprint density at radius 1 is 1.39 bits per heavy atom. The van der Waals surface area contributed by atoms with Crippen LogP contribution in [0.2, 0.25) is 0 Å². The zero-order chi connectivity index (χ0) is 13.2. The summed E-state index contributed by atoms with van der Waals surface area (Å²) >= 11 is 0. The first-order chi connectivity index (χ1) is 8.54. The molecule has 0 amide bonds. The van der Waals surface area contributed by atoms with Crippen LogP contribution in [0.15, 0.2) is 0 Å². The van der Waals surface area contributed by atoms with Gasteiger partial charge in [-0.15, -0.1) is 0 Å². The highest BCUT2D eigenvalue weighted by molar-refractivity contribution is 5.10. The first kappa shape index (κ1) is 13.8. The fourth-order valence-corrected chi connectivity index (χ4v) is 3.59. The molecule has 18 heavy (non-hydrogen) atoms. The zero-order valence-corrected chi connectivity index (χ0v) is 12.0. The van der Waals surface area contributed by atoms with Gasteiger partial charge in [-0.25, -0.2) is 0 Å². The van der Waals surface area contributed by atoms with Gasteiger partial charge in [-0.1, -0.05) is 12.8 Å². The van der Waals surface area contributed by atoms with Crippen LogP contribution in [0.3, 0.4) is 0 Å². The molecule has 1 spiro atoms. The van der Waals surface area contributed by atoms with Gasteiger partial charge >= 0.3 is 0 Å². The molecule has 0 aromatic rings. The Labute approximate surface area is 111 Å². The van der Waals surface area contributed by atoms with Gasteiger partial charge in [-0.3, -0.25) is 0 Å². The monoisotopic (exact) mass is 250 g/mol. The minimum absolute atomic E-state index is 0.267. The molecule has 0 bridgehead atoms. The molecule has 2 aliphatic carbocycles. The van der Waals surface area contributed by atoms with Gasteiger partial charge in [0.15, 0.2) is 0 Å². The second kappa shape index (κ2) is 5.19. The van der Waals surface area contributed by atoms with E-state index >= 15 is 0 Å². The molecule has 0 aromatic carbocycles. The summed E-state index contributed by atoms with van der Waals surface area (Å²) in [5.41, 5.74) is 0.109. The van der Waals surface area contributed by atoms with E-state index in [1.54, 1.807) is 0 Å². The topological polar surface area (TPSA) is 45.0 Å². The number of rotatable bonds is 5. The molecule has 3 heteroatoms. The maximum Gasteiger partial charge on any atom is 0.0697 e. The summed E-state index contributed by atoms with van der Waals surface area (Å²) in [5.74, 6) is 0. The molecule has 102 valence electrons. The number of hydrogen-bond acceptors (Lipinski definition) is 3. The van der Waals surface area contributed by atoms with Crippen LogP contribution in [0.1, 0.15) is 52.9 Å². The van der Waals surface area contributed by atoms with Crippen molar-refractivity contribution < 1.29 is 4.74 Å². The molecular weight excluding hydrogens is 224 g/mol. The molecule has 2 saturated carbocycles. The van der Waals surface area contributed by atoms with Gasteiger partial charge in [-0.05, 0) is 40.0 Å². The fourth-order valence-electron chi connectivity index (χ4n) is 3.59. The van der Waals surface area contributed by atoms with Crippen molar-refractivity contribution in [1.29, 1.82) is 5.26 Å². The molecule has 1 N–H and O–H groups in total. The minimum Gasteiger partial charge on any atom is -0.378 e. The van der Waals surface area contributed by atoms with Crippen molar-refractivity contribution >= 4 is 0 Å². The normalized spacial score (nSPS) is 30.1. The molecule has 2 aliphatic rings. The van der Waals surface area contributed by atoms with Crippen LogP contribution in [0.25, 0.3) is 0 Å². The van der Waals surface area contributed by atoms with Crippen molar-refractivity contribution in [3.63, 3.8) is 0 Å². The molecule has 0 radical (unpaired) electrons. The summed E-state index contributed by atoms with van der Waals surface area (Å²) in [6.45, 7) is 7.69. The van der Waals surface area contributed by atoms with Crippen LogP contribution in [-0.2, 0) is 4.74 Å². The Balaban J connectivity index is 1.93. The van der Waals surface area contributed by atoms with E-state index in [1.807, 2.05) is 13.8 Å². The Hall–Kier alpha value is -0.590. The smallest absolute Gasteiger partial charge is 0.0697 e. The van der Waals surface area contributed by atoms with Gasteiger partial charge < -0.3 is 10.1 Å². The lowest BCUT2D eigenvalue weighted by Crippen LogP contribution is -2.63. The molecule has 2 rings (SSSR count). The highest BCUT2D eigenvalue weighted by Gasteiger charge is 2.56. The van der Waals surface area contributed by atoms with Crippen LogP contribution in [-0.4, -0.2) is 25.3 Å². The van der Waals surface area contributed by atoms with Crippen molar-refractivity contribution in [2.24, 2.45) is 10.8 Å². The van der Waals surface area contributed by atoms with Crippen LogP contribution in [0.5, 0.6) is 0 Å². The summed E-state index contributed by atoms with van der Waals surface area (Å²) in [6.07, 6.45) is 6.83. The number of nitriles is 1. The van der Waals surface area contributed by atoms with E-state index in [0.29, 0.717) is 17.6 Å². The SMILES string of the molecule is CCOC1CC(NCC(C)(C)C#N)C12CCCC2. The number of nitrogens with zero attached hydrogens (tertiary/aromatic N) is 1. The van der Waals surface area contributed by atoms with Crippen molar-refractivity contribution in [1.82, 2.24) is 5.32 Å².